The number of hydrogen-bond acceptors (Lipinski definition) is 2. The Bertz CT molecular complexity index is 560. The van der Waals surface area contributed by atoms with Crippen LogP contribution in [0.15, 0.2) is 35.7 Å². The standard InChI is InChI=1S/C19H27NS/c1-6-11-20-18(16-12-14(2)21-13-16)15-7-9-17(10-8-15)19(3,4)5/h7-10,12-13,18,20H,6,11H2,1-5H3. The minimum Gasteiger partial charge on any atom is -0.306 e. The molecule has 1 aromatic carbocycles. The molecule has 0 bridgehead atoms. The normalized spacial score (nSPS) is 13.4. The van der Waals surface area contributed by atoms with Crippen LogP contribution < -0.4 is 5.32 Å². The molecule has 0 spiro atoms. The topological polar surface area (TPSA) is 12.0 Å². The van der Waals surface area contributed by atoms with E-state index in [-0.39, 0.29) is 5.41 Å². The van der Waals surface area contributed by atoms with Crippen molar-refractivity contribution in [3.63, 3.8) is 0 Å². The second kappa shape index (κ2) is 6.76. The van der Waals surface area contributed by atoms with Crippen LogP contribution in [0.2, 0.25) is 0 Å². The van der Waals surface area contributed by atoms with Crippen LogP contribution in [0, 0.1) is 6.92 Å². The Balaban J connectivity index is 2.28. The lowest BCUT2D eigenvalue weighted by Gasteiger charge is -2.22. The van der Waals surface area contributed by atoms with Crippen LogP contribution in [0.4, 0.5) is 0 Å². The fourth-order valence-corrected chi connectivity index (χ4v) is 3.24. The summed E-state index contributed by atoms with van der Waals surface area (Å²) in [4.78, 5) is 1.37. The molecule has 1 unspecified atom stereocenters. The molecule has 2 aromatic rings. The van der Waals surface area contributed by atoms with Gasteiger partial charge in [-0.2, -0.15) is 0 Å². The summed E-state index contributed by atoms with van der Waals surface area (Å²) in [6.07, 6.45) is 1.15. The van der Waals surface area contributed by atoms with Gasteiger partial charge in [0.25, 0.3) is 0 Å². The predicted molar refractivity (Wildman–Crippen MR) is 94.3 cm³/mol. The third-order valence-corrected chi connectivity index (χ3v) is 4.67. The first-order chi connectivity index (χ1) is 9.91. The summed E-state index contributed by atoms with van der Waals surface area (Å²) in [6, 6.07) is 11.7. The van der Waals surface area contributed by atoms with Gasteiger partial charge in [0.2, 0.25) is 0 Å². The minimum absolute atomic E-state index is 0.212. The van der Waals surface area contributed by atoms with Crippen molar-refractivity contribution in [3.05, 3.63) is 57.3 Å². The molecule has 1 aromatic heterocycles. The SMILES string of the molecule is CCCNC(c1ccc(C(C)(C)C)cc1)c1csc(C)c1. The molecule has 2 rings (SSSR count). The predicted octanol–water partition coefficient (Wildman–Crippen LogP) is 5.44. The summed E-state index contributed by atoms with van der Waals surface area (Å²) < 4.78 is 0. The highest BCUT2D eigenvalue weighted by Gasteiger charge is 2.17. The van der Waals surface area contributed by atoms with Gasteiger partial charge in [-0.05, 0) is 53.4 Å². The number of benzene rings is 1. The van der Waals surface area contributed by atoms with E-state index in [1.165, 1.54) is 21.6 Å². The van der Waals surface area contributed by atoms with Crippen LogP contribution in [0.25, 0.3) is 0 Å². The summed E-state index contributed by atoms with van der Waals surface area (Å²) >= 11 is 1.83. The molecule has 2 heteroatoms. The Labute approximate surface area is 133 Å². The molecular weight excluding hydrogens is 274 g/mol. The summed E-state index contributed by atoms with van der Waals surface area (Å²) in [7, 11) is 0. The largest absolute Gasteiger partial charge is 0.306 e. The molecule has 1 nitrogen and oxygen atoms in total. The van der Waals surface area contributed by atoms with Gasteiger partial charge >= 0.3 is 0 Å². The average molecular weight is 301 g/mol. The lowest BCUT2D eigenvalue weighted by atomic mass is 9.86. The molecule has 0 saturated heterocycles. The first-order valence-corrected chi connectivity index (χ1v) is 8.68. The highest BCUT2D eigenvalue weighted by atomic mass is 32.1. The maximum atomic E-state index is 3.68. The summed E-state index contributed by atoms with van der Waals surface area (Å²) in [5.41, 5.74) is 4.34. The van der Waals surface area contributed by atoms with E-state index in [1.54, 1.807) is 0 Å². The van der Waals surface area contributed by atoms with Crippen molar-refractivity contribution in [3.8, 4) is 0 Å². The van der Waals surface area contributed by atoms with Gasteiger partial charge in [-0.3, -0.25) is 0 Å². The number of rotatable bonds is 5. The molecule has 0 aliphatic carbocycles. The quantitative estimate of drug-likeness (QED) is 0.775. The highest BCUT2D eigenvalue weighted by Crippen LogP contribution is 2.29. The van der Waals surface area contributed by atoms with E-state index in [4.69, 9.17) is 0 Å². The van der Waals surface area contributed by atoms with Gasteiger partial charge in [-0.25, -0.2) is 0 Å². The molecular formula is C19H27NS. The molecule has 0 radical (unpaired) electrons. The molecule has 21 heavy (non-hydrogen) atoms. The van der Waals surface area contributed by atoms with Crippen LogP contribution in [0.1, 0.15) is 61.7 Å². The van der Waals surface area contributed by atoms with Crippen LogP contribution in [0.5, 0.6) is 0 Å². The zero-order chi connectivity index (χ0) is 15.5. The zero-order valence-corrected chi connectivity index (χ0v) is 14.7. The van der Waals surface area contributed by atoms with Crippen LogP contribution in [0.3, 0.4) is 0 Å². The Hall–Kier alpha value is -1.12. The van der Waals surface area contributed by atoms with E-state index < -0.39 is 0 Å². The van der Waals surface area contributed by atoms with Crippen LogP contribution in [-0.2, 0) is 5.41 Å². The van der Waals surface area contributed by atoms with Crippen molar-refractivity contribution in [2.45, 2.75) is 52.5 Å². The maximum absolute atomic E-state index is 3.68. The molecule has 1 heterocycles. The average Bonchev–Trinajstić information content (AvgIpc) is 2.85. The van der Waals surface area contributed by atoms with Gasteiger partial charge in [0.1, 0.15) is 0 Å². The highest BCUT2D eigenvalue weighted by molar-refractivity contribution is 7.10. The Morgan fingerprint density at radius 3 is 2.24 bits per heavy atom. The van der Waals surface area contributed by atoms with E-state index in [9.17, 15) is 0 Å². The van der Waals surface area contributed by atoms with Crippen molar-refractivity contribution in [1.29, 1.82) is 0 Å². The minimum atomic E-state index is 0.212. The van der Waals surface area contributed by atoms with Crippen molar-refractivity contribution < 1.29 is 0 Å². The molecule has 114 valence electrons. The molecule has 0 amide bonds. The van der Waals surface area contributed by atoms with E-state index in [2.05, 4.69) is 75.6 Å². The van der Waals surface area contributed by atoms with Crippen molar-refractivity contribution in [2.75, 3.05) is 6.54 Å². The van der Waals surface area contributed by atoms with E-state index in [1.807, 2.05) is 11.3 Å². The number of thiophene rings is 1. The van der Waals surface area contributed by atoms with Crippen molar-refractivity contribution >= 4 is 11.3 Å². The van der Waals surface area contributed by atoms with Crippen molar-refractivity contribution in [2.24, 2.45) is 0 Å². The summed E-state index contributed by atoms with van der Waals surface area (Å²) in [6.45, 7) is 12.2. The number of nitrogens with one attached hydrogen (secondary N) is 1. The molecule has 0 aliphatic rings. The second-order valence-corrected chi connectivity index (χ2v) is 7.87. The first kappa shape index (κ1) is 16.3. The van der Waals surface area contributed by atoms with E-state index in [0.29, 0.717) is 6.04 Å². The Kier molecular flexibility index (Phi) is 5.23. The van der Waals surface area contributed by atoms with Crippen LogP contribution >= 0.6 is 11.3 Å². The lowest BCUT2D eigenvalue weighted by Crippen LogP contribution is -2.23. The van der Waals surface area contributed by atoms with Gasteiger partial charge in [-0.1, -0.05) is 52.0 Å². The van der Waals surface area contributed by atoms with Gasteiger partial charge in [0, 0.05) is 4.88 Å². The van der Waals surface area contributed by atoms with Gasteiger partial charge < -0.3 is 5.32 Å². The van der Waals surface area contributed by atoms with Gasteiger partial charge in [0.05, 0.1) is 6.04 Å². The lowest BCUT2D eigenvalue weighted by molar-refractivity contribution is 0.584. The van der Waals surface area contributed by atoms with Gasteiger partial charge in [-0.15, -0.1) is 11.3 Å². The smallest absolute Gasteiger partial charge is 0.0585 e. The van der Waals surface area contributed by atoms with Crippen molar-refractivity contribution in [1.82, 2.24) is 5.32 Å². The number of hydrogen-bond donors (Lipinski definition) is 1. The van der Waals surface area contributed by atoms with E-state index in [0.717, 1.165) is 13.0 Å². The zero-order valence-electron chi connectivity index (χ0n) is 13.9. The summed E-state index contributed by atoms with van der Waals surface area (Å²) in [5.74, 6) is 0. The van der Waals surface area contributed by atoms with Gasteiger partial charge in [0.15, 0.2) is 0 Å². The molecule has 0 saturated carbocycles. The maximum Gasteiger partial charge on any atom is 0.0585 e. The molecule has 1 atom stereocenters. The molecule has 0 aliphatic heterocycles. The monoisotopic (exact) mass is 301 g/mol. The second-order valence-electron chi connectivity index (χ2n) is 6.75. The Morgan fingerprint density at radius 1 is 1.10 bits per heavy atom. The fraction of sp³-hybridized carbons (Fsp3) is 0.474. The first-order valence-electron chi connectivity index (χ1n) is 7.80. The Morgan fingerprint density at radius 2 is 1.76 bits per heavy atom. The third-order valence-electron chi connectivity index (χ3n) is 3.79. The molecule has 1 N–H and O–H groups in total. The number of aryl methyl sites for hydroxylation is 1. The third kappa shape index (κ3) is 4.18. The molecule has 0 fully saturated rings. The van der Waals surface area contributed by atoms with Crippen LogP contribution in [-0.4, -0.2) is 6.54 Å². The fourth-order valence-electron chi connectivity index (χ4n) is 2.51. The van der Waals surface area contributed by atoms with E-state index >= 15 is 0 Å². The summed E-state index contributed by atoms with van der Waals surface area (Å²) in [5, 5.41) is 5.96.